The van der Waals surface area contributed by atoms with E-state index in [2.05, 4.69) is 5.32 Å². The van der Waals surface area contributed by atoms with Crippen LogP contribution in [0.25, 0.3) is 0 Å². The normalized spacial score (nSPS) is 15.7. The van der Waals surface area contributed by atoms with Crippen molar-refractivity contribution in [3.63, 3.8) is 0 Å². The zero-order chi connectivity index (χ0) is 15.2. The Hall–Kier alpha value is -1.81. The number of hydrogen-bond donors (Lipinski definition) is 1. The molecule has 1 aromatic rings. The van der Waals surface area contributed by atoms with Gasteiger partial charge in [0.2, 0.25) is 0 Å². The van der Waals surface area contributed by atoms with Crippen molar-refractivity contribution in [1.29, 1.82) is 0 Å². The van der Waals surface area contributed by atoms with E-state index in [1.807, 2.05) is 6.07 Å². The van der Waals surface area contributed by atoms with Crippen molar-refractivity contribution in [1.82, 2.24) is 5.32 Å². The van der Waals surface area contributed by atoms with Gasteiger partial charge in [0, 0.05) is 17.0 Å². The summed E-state index contributed by atoms with van der Waals surface area (Å²) in [5, 5.41) is 3.53. The molecule has 1 N–H and O–H groups in total. The van der Waals surface area contributed by atoms with Crippen LogP contribution in [0.5, 0.6) is 0 Å². The van der Waals surface area contributed by atoms with E-state index in [-0.39, 0.29) is 5.91 Å². The maximum atomic E-state index is 12.2. The fraction of sp³-hybridized carbons (Fsp3) is 0.375. The fourth-order valence-corrected chi connectivity index (χ4v) is 2.70. The molecule has 0 radical (unpaired) electrons. The number of carbonyl (C=O) groups is 2. The number of methoxy groups -OCH3 is 1. The molecule has 1 aliphatic carbocycles. The van der Waals surface area contributed by atoms with E-state index in [0.717, 1.165) is 29.9 Å². The van der Waals surface area contributed by atoms with E-state index in [1.165, 1.54) is 7.11 Å². The molecular weight excluding hydrogens is 290 g/mol. The predicted molar refractivity (Wildman–Crippen MR) is 81.1 cm³/mol. The van der Waals surface area contributed by atoms with Crippen LogP contribution in [0.4, 0.5) is 0 Å². The van der Waals surface area contributed by atoms with Crippen molar-refractivity contribution in [3.8, 4) is 0 Å². The Morgan fingerprint density at radius 3 is 2.57 bits per heavy atom. The first-order valence-electron chi connectivity index (χ1n) is 6.92. The molecule has 1 amide bonds. The first kappa shape index (κ1) is 15.6. The summed E-state index contributed by atoms with van der Waals surface area (Å²) < 4.78 is 4.78. The molecule has 1 aromatic carbocycles. The number of esters is 1. The van der Waals surface area contributed by atoms with Gasteiger partial charge in [-0.1, -0.05) is 35.4 Å². The second-order valence-electron chi connectivity index (χ2n) is 4.98. The van der Waals surface area contributed by atoms with Crippen LogP contribution in [0, 0.1) is 0 Å². The third kappa shape index (κ3) is 4.08. The van der Waals surface area contributed by atoms with Crippen LogP contribution in [0.3, 0.4) is 0 Å². The van der Waals surface area contributed by atoms with Gasteiger partial charge < -0.3 is 10.1 Å². The summed E-state index contributed by atoms with van der Waals surface area (Å²) in [6.45, 7) is 0. The van der Waals surface area contributed by atoms with E-state index in [4.69, 9.17) is 16.3 Å². The Morgan fingerprint density at radius 2 is 2.00 bits per heavy atom. The summed E-state index contributed by atoms with van der Waals surface area (Å²) in [5.74, 6) is -0.746. The highest BCUT2D eigenvalue weighted by atomic mass is 35.5. The van der Waals surface area contributed by atoms with Crippen molar-refractivity contribution >= 4 is 23.5 Å². The molecule has 21 heavy (non-hydrogen) atoms. The number of allylic oxidation sites excluding steroid dienone is 1. The molecule has 2 rings (SSSR count). The fourth-order valence-electron chi connectivity index (χ4n) is 2.40. The lowest BCUT2D eigenvalue weighted by Crippen LogP contribution is -2.41. The summed E-state index contributed by atoms with van der Waals surface area (Å²) in [6.07, 6.45) is 3.11. The molecule has 0 aliphatic heterocycles. The third-order valence-corrected chi connectivity index (χ3v) is 3.99. The second-order valence-corrected chi connectivity index (χ2v) is 5.44. The summed E-state index contributed by atoms with van der Waals surface area (Å²) in [4.78, 5) is 24.0. The van der Waals surface area contributed by atoms with Crippen LogP contribution in [0.1, 0.15) is 36.0 Å². The number of ether oxygens (including phenoxy) is 1. The van der Waals surface area contributed by atoms with Crippen molar-refractivity contribution in [2.24, 2.45) is 0 Å². The van der Waals surface area contributed by atoms with Gasteiger partial charge in [-0.2, -0.15) is 0 Å². The van der Waals surface area contributed by atoms with Gasteiger partial charge >= 0.3 is 5.97 Å². The highest BCUT2D eigenvalue weighted by molar-refractivity contribution is 6.30. The van der Waals surface area contributed by atoms with Crippen LogP contribution in [0.2, 0.25) is 0 Å². The van der Waals surface area contributed by atoms with Crippen LogP contribution in [0.15, 0.2) is 40.9 Å². The molecule has 0 saturated heterocycles. The van der Waals surface area contributed by atoms with E-state index < -0.39 is 12.0 Å². The number of nitrogens with one attached hydrogen (secondary N) is 1. The lowest BCUT2D eigenvalue weighted by Gasteiger charge is -2.17. The van der Waals surface area contributed by atoms with Crippen LogP contribution >= 0.6 is 11.6 Å². The Labute approximate surface area is 129 Å². The van der Waals surface area contributed by atoms with Crippen LogP contribution in [-0.2, 0) is 9.53 Å². The molecule has 0 spiro atoms. The third-order valence-electron chi connectivity index (χ3n) is 3.54. The number of amides is 1. The number of halogens is 1. The Bertz CT molecular complexity index is 554. The second kappa shape index (κ2) is 7.27. The minimum Gasteiger partial charge on any atom is -0.467 e. The van der Waals surface area contributed by atoms with Crippen molar-refractivity contribution in [2.45, 2.75) is 31.7 Å². The van der Waals surface area contributed by atoms with Gasteiger partial charge in [-0.3, -0.25) is 4.79 Å². The van der Waals surface area contributed by atoms with Gasteiger partial charge in [-0.25, -0.2) is 4.79 Å². The first-order valence-corrected chi connectivity index (χ1v) is 7.29. The van der Waals surface area contributed by atoms with E-state index in [1.54, 1.807) is 24.3 Å². The summed E-state index contributed by atoms with van der Waals surface area (Å²) >= 11 is 6.14. The minimum absolute atomic E-state index is 0.291. The molecule has 0 fully saturated rings. The molecule has 5 heteroatoms. The standard InChI is InChI=1S/C16H18ClNO3/c1-21-16(20)14(10-12-8-5-9-13(12)17)18-15(19)11-6-3-2-4-7-11/h2-4,6-7,14H,5,8-10H2,1H3,(H,18,19)/t14-/m0/s1. The molecule has 0 aromatic heterocycles. The van der Waals surface area contributed by atoms with Crippen molar-refractivity contribution < 1.29 is 14.3 Å². The number of rotatable bonds is 5. The van der Waals surface area contributed by atoms with Crippen LogP contribution in [-0.4, -0.2) is 25.0 Å². The summed E-state index contributed by atoms with van der Waals surface area (Å²) in [7, 11) is 1.31. The summed E-state index contributed by atoms with van der Waals surface area (Å²) in [6, 6.07) is 8.08. The number of carbonyl (C=O) groups excluding carboxylic acids is 2. The van der Waals surface area contributed by atoms with Gasteiger partial charge in [0.25, 0.3) is 5.91 Å². The maximum Gasteiger partial charge on any atom is 0.328 e. The highest BCUT2D eigenvalue weighted by Crippen LogP contribution is 2.31. The molecule has 4 nitrogen and oxygen atoms in total. The molecule has 1 aliphatic rings. The Balaban J connectivity index is 2.08. The molecule has 0 saturated carbocycles. The average molecular weight is 308 g/mol. The van der Waals surface area contributed by atoms with Gasteiger partial charge in [0.15, 0.2) is 0 Å². The molecule has 0 unspecified atom stereocenters. The van der Waals surface area contributed by atoms with Gasteiger partial charge in [0.1, 0.15) is 6.04 Å². The first-order chi connectivity index (χ1) is 10.1. The average Bonchev–Trinajstić information content (AvgIpc) is 2.91. The van der Waals surface area contributed by atoms with E-state index >= 15 is 0 Å². The minimum atomic E-state index is -0.704. The lowest BCUT2D eigenvalue weighted by molar-refractivity contribution is -0.142. The SMILES string of the molecule is COC(=O)[C@H](CC1=C(Cl)CCC1)NC(=O)c1ccccc1. The molecular formula is C16H18ClNO3. The smallest absolute Gasteiger partial charge is 0.328 e. The zero-order valence-electron chi connectivity index (χ0n) is 11.9. The van der Waals surface area contributed by atoms with E-state index in [0.29, 0.717) is 12.0 Å². The van der Waals surface area contributed by atoms with Gasteiger partial charge in [-0.15, -0.1) is 0 Å². The summed E-state index contributed by atoms with van der Waals surface area (Å²) in [5.41, 5.74) is 1.54. The quantitative estimate of drug-likeness (QED) is 0.851. The van der Waals surface area contributed by atoms with E-state index in [9.17, 15) is 9.59 Å². The highest BCUT2D eigenvalue weighted by Gasteiger charge is 2.25. The number of benzene rings is 1. The van der Waals surface area contributed by atoms with Gasteiger partial charge in [-0.05, 0) is 31.4 Å². The Kier molecular flexibility index (Phi) is 5.39. The monoisotopic (exact) mass is 307 g/mol. The Morgan fingerprint density at radius 1 is 1.29 bits per heavy atom. The maximum absolute atomic E-state index is 12.2. The number of hydrogen-bond acceptors (Lipinski definition) is 3. The molecule has 112 valence electrons. The van der Waals surface area contributed by atoms with Crippen molar-refractivity contribution in [2.75, 3.05) is 7.11 Å². The molecule has 1 atom stereocenters. The molecule has 0 heterocycles. The van der Waals surface area contributed by atoms with Crippen molar-refractivity contribution in [3.05, 3.63) is 46.5 Å². The predicted octanol–water partition coefficient (Wildman–Crippen LogP) is 3.02. The topological polar surface area (TPSA) is 55.4 Å². The molecule has 0 bridgehead atoms. The largest absolute Gasteiger partial charge is 0.467 e. The zero-order valence-corrected chi connectivity index (χ0v) is 12.7. The van der Waals surface area contributed by atoms with Gasteiger partial charge in [0.05, 0.1) is 7.11 Å². The lowest BCUT2D eigenvalue weighted by atomic mass is 10.0. The van der Waals surface area contributed by atoms with Crippen LogP contribution < -0.4 is 5.32 Å².